The van der Waals surface area contributed by atoms with Crippen LogP contribution in [-0.4, -0.2) is 40.4 Å². The molecule has 1 aliphatic heterocycles. The molecule has 0 spiro atoms. The van der Waals surface area contributed by atoms with Crippen LogP contribution in [0.2, 0.25) is 0 Å². The zero-order chi connectivity index (χ0) is 13.3. The van der Waals surface area contributed by atoms with Crippen molar-refractivity contribution >= 4 is 22.6 Å². The Labute approximate surface area is 123 Å². The third kappa shape index (κ3) is 2.99. The molecule has 1 aliphatic rings. The third-order valence-corrected chi connectivity index (χ3v) is 4.38. The largest absolute Gasteiger partial charge is 0.479 e. The Bertz CT molecular complexity index is 403. The minimum absolute atomic E-state index is 0.279. The van der Waals surface area contributed by atoms with Gasteiger partial charge in [-0.1, -0.05) is 0 Å². The highest BCUT2D eigenvalue weighted by atomic mass is 127. The second kappa shape index (κ2) is 5.36. The Morgan fingerprint density at radius 3 is 2.39 bits per heavy atom. The normalized spacial score (nSPS) is 19.2. The molecule has 102 valence electrons. The van der Waals surface area contributed by atoms with E-state index < -0.39 is 0 Å². The second-order valence-corrected chi connectivity index (χ2v) is 7.02. The molecule has 0 aromatic carbocycles. The Kier molecular flexibility index (Phi) is 4.21. The van der Waals surface area contributed by atoms with Crippen LogP contribution in [0.4, 0.5) is 0 Å². The van der Waals surface area contributed by atoms with Gasteiger partial charge in [-0.3, -0.25) is 9.58 Å². The van der Waals surface area contributed by atoms with E-state index in [2.05, 4.69) is 64.2 Å². The summed E-state index contributed by atoms with van der Waals surface area (Å²) < 4.78 is 8.42. The number of halogens is 1. The van der Waals surface area contributed by atoms with Crippen molar-refractivity contribution in [2.75, 3.05) is 20.2 Å². The van der Waals surface area contributed by atoms with Crippen molar-refractivity contribution in [1.29, 1.82) is 0 Å². The summed E-state index contributed by atoms with van der Waals surface area (Å²) in [6.45, 7) is 9.15. The van der Waals surface area contributed by atoms with E-state index in [1.54, 1.807) is 7.11 Å². The Hall–Kier alpha value is -0.300. The van der Waals surface area contributed by atoms with Crippen LogP contribution in [0.5, 0.6) is 5.88 Å². The number of methoxy groups -OCH3 is 1. The molecule has 2 heterocycles. The maximum atomic E-state index is 5.24. The molecule has 1 saturated heterocycles. The molecule has 0 radical (unpaired) electrons. The topological polar surface area (TPSA) is 30.3 Å². The van der Waals surface area contributed by atoms with Gasteiger partial charge in [-0.2, -0.15) is 0 Å². The van der Waals surface area contributed by atoms with Gasteiger partial charge in [0.2, 0.25) is 5.88 Å². The summed E-state index contributed by atoms with van der Waals surface area (Å²) >= 11 is 2.28. The Balaban J connectivity index is 2.01. The van der Waals surface area contributed by atoms with Crippen molar-refractivity contribution in [3.8, 4) is 5.88 Å². The first-order chi connectivity index (χ1) is 8.41. The molecule has 0 unspecified atom stereocenters. The lowest BCUT2D eigenvalue weighted by Crippen LogP contribution is -2.46. The SMILES string of the molecule is COc1nn(C2CCN(C(C)(C)C)CC2)cc1I. The average Bonchev–Trinajstić information content (AvgIpc) is 2.69. The molecule has 0 aliphatic carbocycles. The quantitative estimate of drug-likeness (QED) is 0.757. The van der Waals surface area contributed by atoms with Crippen LogP contribution < -0.4 is 4.74 Å². The van der Waals surface area contributed by atoms with Crippen LogP contribution in [0.25, 0.3) is 0 Å². The maximum absolute atomic E-state index is 5.24. The van der Waals surface area contributed by atoms with Crippen LogP contribution in [0, 0.1) is 3.57 Å². The van der Waals surface area contributed by atoms with Crippen molar-refractivity contribution in [2.45, 2.75) is 45.2 Å². The van der Waals surface area contributed by atoms with E-state index in [1.807, 2.05) is 0 Å². The smallest absolute Gasteiger partial charge is 0.246 e. The number of nitrogens with zero attached hydrogens (tertiary/aromatic N) is 3. The molecule has 5 heteroatoms. The molecule has 2 rings (SSSR count). The fourth-order valence-electron chi connectivity index (χ4n) is 2.48. The molecular weight excluding hydrogens is 341 g/mol. The molecule has 1 aromatic heterocycles. The number of ether oxygens (including phenoxy) is 1. The molecule has 0 N–H and O–H groups in total. The van der Waals surface area contributed by atoms with E-state index in [9.17, 15) is 0 Å². The fourth-order valence-corrected chi connectivity index (χ4v) is 3.09. The molecule has 0 saturated carbocycles. The first kappa shape index (κ1) is 14.1. The van der Waals surface area contributed by atoms with E-state index >= 15 is 0 Å². The number of hydrogen-bond donors (Lipinski definition) is 0. The lowest BCUT2D eigenvalue weighted by molar-refractivity contribution is 0.0867. The van der Waals surface area contributed by atoms with Crippen LogP contribution in [-0.2, 0) is 0 Å². The number of aromatic nitrogens is 2. The van der Waals surface area contributed by atoms with Gasteiger partial charge in [0.25, 0.3) is 0 Å². The summed E-state index contributed by atoms with van der Waals surface area (Å²) in [6.07, 6.45) is 4.42. The van der Waals surface area contributed by atoms with Crippen molar-refractivity contribution in [2.24, 2.45) is 0 Å². The predicted molar refractivity (Wildman–Crippen MR) is 81.1 cm³/mol. The molecule has 1 fully saturated rings. The number of rotatable bonds is 2. The van der Waals surface area contributed by atoms with E-state index in [0.29, 0.717) is 6.04 Å². The van der Waals surface area contributed by atoms with Crippen molar-refractivity contribution in [1.82, 2.24) is 14.7 Å². The number of piperidine rings is 1. The maximum Gasteiger partial charge on any atom is 0.246 e. The summed E-state index contributed by atoms with van der Waals surface area (Å²) in [5, 5.41) is 4.51. The zero-order valence-electron chi connectivity index (χ0n) is 11.6. The van der Waals surface area contributed by atoms with Gasteiger partial charge in [-0.15, -0.1) is 5.10 Å². The van der Waals surface area contributed by atoms with E-state index in [0.717, 1.165) is 35.4 Å². The van der Waals surface area contributed by atoms with Crippen molar-refractivity contribution < 1.29 is 4.74 Å². The molecule has 1 aromatic rings. The average molecular weight is 363 g/mol. The Morgan fingerprint density at radius 2 is 1.94 bits per heavy atom. The molecule has 0 atom stereocenters. The lowest BCUT2D eigenvalue weighted by Gasteiger charge is -2.40. The predicted octanol–water partition coefficient (Wildman–Crippen LogP) is 2.93. The molecular formula is C13H22IN3O. The zero-order valence-corrected chi connectivity index (χ0v) is 13.8. The van der Waals surface area contributed by atoms with E-state index in [4.69, 9.17) is 4.74 Å². The highest BCUT2D eigenvalue weighted by Crippen LogP contribution is 2.29. The molecule has 4 nitrogen and oxygen atoms in total. The van der Waals surface area contributed by atoms with E-state index in [1.165, 1.54) is 0 Å². The number of likely N-dealkylation sites (tertiary alicyclic amines) is 1. The van der Waals surface area contributed by atoms with Gasteiger partial charge in [0, 0.05) is 24.8 Å². The summed E-state index contributed by atoms with van der Waals surface area (Å²) in [5.74, 6) is 0.744. The molecule has 18 heavy (non-hydrogen) atoms. The standard InChI is InChI=1S/C13H22IN3O/c1-13(2,3)16-7-5-10(6-8-16)17-9-11(14)12(15-17)18-4/h9-10H,5-8H2,1-4H3. The van der Waals surface area contributed by atoms with Gasteiger partial charge in [-0.05, 0) is 56.2 Å². The monoisotopic (exact) mass is 363 g/mol. The summed E-state index contributed by atoms with van der Waals surface area (Å²) in [6, 6.07) is 0.515. The summed E-state index contributed by atoms with van der Waals surface area (Å²) in [5.41, 5.74) is 0.279. The summed E-state index contributed by atoms with van der Waals surface area (Å²) in [7, 11) is 1.68. The van der Waals surface area contributed by atoms with Gasteiger partial charge >= 0.3 is 0 Å². The van der Waals surface area contributed by atoms with Gasteiger partial charge in [-0.25, -0.2) is 0 Å². The third-order valence-electron chi connectivity index (χ3n) is 3.64. The van der Waals surface area contributed by atoms with Gasteiger partial charge in [0.1, 0.15) is 0 Å². The lowest BCUT2D eigenvalue weighted by atomic mass is 9.98. The van der Waals surface area contributed by atoms with Crippen molar-refractivity contribution in [3.05, 3.63) is 9.77 Å². The van der Waals surface area contributed by atoms with Crippen LogP contribution in [0.3, 0.4) is 0 Å². The molecule has 0 bridgehead atoms. The summed E-state index contributed by atoms with van der Waals surface area (Å²) in [4.78, 5) is 2.55. The van der Waals surface area contributed by atoms with Gasteiger partial charge in [0.15, 0.2) is 0 Å². The minimum Gasteiger partial charge on any atom is -0.479 e. The van der Waals surface area contributed by atoms with Crippen LogP contribution >= 0.6 is 22.6 Å². The van der Waals surface area contributed by atoms with Crippen LogP contribution in [0.1, 0.15) is 39.7 Å². The highest BCUT2D eigenvalue weighted by molar-refractivity contribution is 14.1. The number of hydrogen-bond acceptors (Lipinski definition) is 3. The van der Waals surface area contributed by atoms with Gasteiger partial charge < -0.3 is 4.74 Å². The first-order valence-electron chi connectivity index (χ1n) is 6.45. The van der Waals surface area contributed by atoms with E-state index in [-0.39, 0.29) is 5.54 Å². The second-order valence-electron chi connectivity index (χ2n) is 5.86. The first-order valence-corrected chi connectivity index (χ1v) is 7.53. The highest BCUT2D eigenvalue weighted by Gasteiger charge is 2.28. The van der Waals surface area contributed by atoms with Crippen molar-refractivity contribution in [3.63, 3.8) is 0 Å². The minimum atomic E-state index is 0.279. The fraction of sp³-hybridized carbons (Fsp3) is 0.769. The molecule has 0 amide bonds. The Morgan fingerprint density at radius 1 is 1.33 bits per heavy atom. The van der Waals surface area contributed by atoms with Gasteiger partial charge in [0.05, 0.1) is 16.7 Å². The van der Waals surface area contributed by atoms with Crippen LogP contribution in [0.15, 0.2) is 6.20 Å².